The zero-order valence-corrected chi connectivity index (χ0v) is 9.63. The highest BCUT2D eigenvalue weighted by Crippen LogP contribution is 2.21. The third-order valence-electron chi connectivity index (χ3n) is 1.92. The molecule has 7 heteroatoms. The van der Waals surface area contributed by atoms with Crippen LogP contribution in [-0.2, 0) is 14.3 Å². The standard InChI is InChI=1S/C10H17F3O4/c1-2-17-8(9(14)15)4-7-16-6-3-5-10(11,12)13/h8H,2-7H2,1H3,(H,14,15). The average molecular weight is 258 g/mol. The highest BCUT2D eigenvalue weighted by molar-refractivity contribution is 5.72. The number of ether oxygens (including phenoxy) is 2. The third kappa shape index (κ3) is 10.1. The van der Waals surface area contributed by atoms with E-state index in [0.29, 0.717) is 0 Å². The SMILES string of the molecule is CCOC(CCOCCCC(F)(F)F)C(=O)O. The molecule has 0 aliphatic carbocycles. The molecule has 0 amide bonds. The largest absolute Gasteiger partial charge is 0.479 e. The molecule has 17 heavy (non-hydrogen) atoms. The van der Waals surface area contributed by atoms with Gasteiger partial charge < -0.3 is 14.6 Å². The Morgan fingerprint density at radius 2 is 2.00 bits per heavy atom. The summed E-state index contributed by atoms with van der Waals surface area (Å²) < 4.78 is 45.1. The topological polar surface area (TPSA) is 55.8 Å². The van der Waals surface area contributed by atoms with Crippen molar-refractivity contribution in [1.82, 2.24) is 0 Å². The lowest BCUT2D eigenvalue weighted by atomic mass is 10.2. The highest BCUT2D eigenvalue weighted by Gasteiger charge is 2.26. The van der Waals surface area contributed by atoms with Crippen molar-refractivity contribution in [3.8, 4) is 0 Å². The number of rotatable bonds is 9. The normalized spacial score (nSPS) is 13.6. The number of hydrogen-bond donors (Lipinski definition) is 1. The van der Waals surface area contributed by atoms with Crippen LogP contribution in [0.3, 0.4) is 0 Å². The Labute approximate surface area is 97.7 Å². The molecular weight excluding hydrogens is 241 g/mol. The summed E-state index contributed by atoms with van der Waals surface area (Å²) in [5.74, 6) is -1.09. The molecule has 102 valence electrons. The zero-order chi connectivity index (χ0) is 13.3. The van der Waals surface area contributed by atoms with Crippen LogP contribution in [0.15, 0.2) is 0 Å². The molecular formula is C10H17F3O4. The third-order valence-corrected chi connectivity index (χ3v) is 1.92. The molecule has 0 heterocycles. The van der Waals surface area contributed by atoms with Crippen molar-refractivity contribution in [2.24, 2.45) is 0 Å². The number of aliphatic carboxylic acids is 1. The number of carboxylic acids is 1. The van der Waals surface area contributed by atoms with Crippen LogP contribution in [-0.4, -0.2) is 43.2 Å². The average Bonchev–Trinajstić information content (AvgIpc) is 2.19. The summed E-state index contributed by atoms with van der Waals surface area (Å²) in [4.78, 5) is 10.6. The van der Waals surface area contributed by atoms with E-state index >= 15 is 0 Å². The lowest BCUT2D eigenvalue weighted by molar-refractivity contribution is -0.151. The fraction of sp³-hybridized carbons (Fsp3) is 0.900. The Hall–Kier alpha value is -0.820. The van der Waals surface area contributed by atoms with E-state index in [1.54, 1.807) is 6.92 Å². The zero-order valence-electron chi connectivity index (χ0n) is 9.63. The molecule has 0 aromatic rings. The first-order chi connectivity index (χ1) is 7.87. The van der Waals surface area contributed by atoms with Gasteiger partial charge >= 0.3 is 12.1 Å². The molecule has 0 saturated carbocycles. The van der Waals surface area contributed by atoms with E-state index in [1.165, 1.54) is 0 Å². The van der Waals surface area contributed by atoms with E-state index in [1.807, 2.05) is 0 Å². The van der Waals surface area contributed by atoms with Crippen LogP contribution in [0.5, 0.6) is 0 Å². The maximum Gasteiger partial charge on any atom is 0.389 e. The van der Waals surface area contributed by atoms with Crippen LogP contribution in [0.25, 0.3) is 0 Å². The van der Waals surface area contributed by atoms with Crippen molar-refractivity contribution < 1.29 is 32.5 Å². The molecule has 0 radical (unpaired) electrons. The van der Waals surface area contributed by atoms with Crippen LogP contribution in [0.4, 0.5) is 13.2 Å². The van der Waals surface area contributed by atoms with Gasteiger partial charge in [-0.05, 0) is 13.3 Å². The van der Waals surface area contributed by atoms with Gasteiger partial charge in [0, 0.05) is 32.7 Å². The van der Waals surface area contributed by atoms with E-state index in [4.69, 9.17) is 14.6 Å². The summed E-state index contributed by atoms with van der Waals surface area (Å²) in [7, 11) is 0. The molecule has 0 rings (SSSR count). The van der Waals surface area contributed by atoms with Gasteiger partial charge in [-0.25, -0.2) is 4.79 Å². The molecule has 0 aliphatic rings. The molecule has 0 bridgehead atoms. The molecule has 1 unspecified atom stereocenters. The van der Waals surface area contributed by atoms with Gasteiger partial charge in [0.2, 0.25) is 0 Å². The van der Waals surface area contributed by atoms with Crippen LogP contribution >= 0.6 is 0 Å². The van der Waals surface area contributed by atoms with Crippen molar-refractivity contribution in [2.45, 2.75) is 38.5 Å². The van der Waals surface area contributed by atoms with Gasteiger partial charge in [0.05, 0.1) is 0 Å². The van der Waals surface area contributed by atoms with E-state index < -0.39 is 24.7 Å². The minimum atomic E-state index is -4.17. The predicted molar refractivity (Wildman–Crippen MR) is 53.8 cm³/mol. The monoisotopic (exact) mass is 258 g/mol. The number of carboxylic acid groups (broad SMARTS) is 1. The summed E-state index contributed by atoms with van der Waals surface area (Å²) in [5.41, 5.74) is 0. The lowest BCUT2D eigenvalue weighted by Crippen LogP contribution is -2.25. The van der Waals surface area contributed by atoms with E-state index in [-0.39, 0.29) is 32.7 Å². The van der Waals surface area contributed by atoms with Gasteiger partial charge in [-0.2, -0.15) is 13.2 Å². The Morgan fingerprint density at radius 1 is 1.35 bits per heavy atom. The maximum atomic E-state index is 11.7. The first-order valence-electron chi connectivity index (χ1n) is 5.35. The minimum absolute atomic E-state index is 0.0298. The molecule has 1 N–H and O–H groups in total. The molecule has 0 spiro atoms. The van der Waals surface area contributed by atoms with Gasteiger partial charge in [-0.1, -0.05) is 0 Å². The van der Waals surface area contributed by atoms with Crippen LogP contribution < -0.4 is 0 Å². The Bertz CT molecular complexity index is 218. The molecule has 0 aliphatic heterocycles. The Kier molecular flexibility index (Phi) is 7.90. The van der Waals surface area contributed by atoms with Crippen molar-refractivity contribution in [1.29, 1.82) is 0 Å². The van der Waals surface area contributed by atoms with Crippen molar-refractivity contribution >= 4 is 5.97 Å². The first-order valence-corrected chi connectivity index (χ1v) is 5.35. The van der Waals surface area contributed by atoms with E-state index in [2.05, 4.69) is 0 Å². The van der Waals surface area contributed by atoms with Gasteiger partial charge in [-0.3, -0.25) is 0 Å². The van der Waals surface area contributed by atoms with E-state index in [0.717, 1.165) is 0 Å². The Balaban J connectivity index is 3.52. The predicted octanol–water partition coefficient (Wildman–Crippen LogP) is 2.23. The van der Waals surface area contributed by atoms with Crippen molar-refractivity contribution in [3.05, 3.63) is 0 Å². The summed E-state index contributed by atoms with van der Waals surface area (Å²) in [5, 5.41) is 8.68. The second-order valence-electron chi connectivity index (χ2n) is 3.40. The quantitative estimate of drug-likeness (QED) is 0.644. The molecule has 0 fully saturated rings. The minimum Gasteiger partial charge on any atom is -0.479 e. The van der Waals surface area contributed by atoms with Crippen LogP contribution in [0.2, 0.25) is 0 Å². The molecule has 4 nitrogen and oxygen atoms in total. The molecule has 1 atom stereocenters. The number of hydrogen-bond acceptors (Lipinski definition) is 3. The second kappa shape index (κ2) is 8.30. The lowest BCUT2D eigenvalue weighted by Gasteiger charge is -2.12. The summed E-state index contributed by atoms with van der Waals surface area (Å²) >= 11 is 0. The summed E-state index contributed by atoms with van der Waals surface area (Å²) in [6.07, 6.45) is -5.99. The van der Waals surface area contributed by atoms with E-state index in [9.17, 15) is 18.0 Å². The Morgan fingerprint density at radius 3 is 2.47 bits per heavy atom. The summed E-state index contributed by atoms with van der Waals surface area (Å²) in [6, 6.07) is 0. The van der Waals surface area contributed by atoms with Gasteiger partial charge in [0.1, 0.15) is 0 Å². The fourth-order valence-corrected chi connectivity index (χ4v) is 1.15. The van der Waals surface area contributed by atoms with Gasteiger partial charge in [-0.15, -0.1) is 0 Å². The van der Waals surface area contributed by atoms with Crippen molar-refractivity contribution in [2.75, 3.05) is 19.8 Å². The number of halogens is 3. The van der Waals surface area contributed by atoms with Crippen LogP contribution in [0.1, 0.15) is 26.2 Å². The molecule has 0 saturated heterocycles. The molecule has 0 aromatic heterocycles. The smallest absolute Gasteiger partial charge is 0.389 e. The first kappa shape index (κ1) is 16.2. The number of carbonyl (C=O) groups is 1. The van der Waals surface area contributed by atoms with Crippen molar-refractivity contribution in [3.63, 3.8) is 0 Å². The van der Waals surface area contributed by atoms with Crippen LogP contribution in [0, 0.1) is 0 Å². The van der Waals surface area contributed by atoms with Gasteiger partial charge in [0.15, 0.2) is 6.10 Å². The highest BCUT2D eigenvalue weighted by atomic mass is 19.4. The fourth-order valence-electron chi connectivity index (χ4n) is 1.15. The maximum absolute atomic E-state index is 11.7. The second-order valence-corrected chi connectivity index (χ2v) is 3.40. The molecule has 0 aromatic carbocycles. The van der Waals surface area contributed by atoms with Gasteiger partial charge in [0.25, 0.3) is 0 Å². The number of alkyl halides is 3. The summed E-state index contributed by atoms with van der Waals surface area (Å²) in [6.45, 7) is 1.98.